The van der Waals surface area contributed by atoms with Gasteiger partial charge in [-0.05, 0) is 44.0 Å². The van der Waals surface area contributed by atoms with E-state index in [-0.39, 0.29) is 5.97 Å². The Morgan fingerprint density at radius 3 is 3.14 bits per heavy atom. The van der Waals surface area contributed by atoms with Gasteiger partial charge in [-0.2, -0.15) is 11.8 Å². The summed E-state index contributed by atoms with van der Waals surface area (Å²) in [5.74, 6) is 2.27. The number of carbonyl (C=O) groups excluding carboxylic acids is 1. The van der Waals surface area contributed by atoms with Crippen molar-refractivity contribution < 1.29 is 9.53 Å². The lowest BCUT2D eigenvalue weighted by atomic mass is 9.97. The smallest absolute Gasteiger partial charge is 0.315 e. The number of nitrogens with one attached hydrogen (secondary N) is 1. The van der Waals surface area contributed by atoms with Crippen LogP contribution >= 0.6 is 11.8 Å². The number of thioether (sulfide) groups is 1. The van der Waals surface area contributed by atoms with Crippen LogP contribution in [0.25, 0.3) is 0 Å². The normalized spacial score (nSPS) is 21.9. The predicted molar refractivity (Wildman–Crippen MR) is 59.6 cm³/mol. The van der Waals surface area contributed by atoms with E-state index < -0.39 is 0 Å². The number of piperidine rings is 1. The maximum absolute atomic E-state index is 10.8. The van der Waals surface area contributed by atoms with Gasteiger partial charge >= 0.3 is 5.97 Å². The molecule has 4 heteroatoms. The van der Waals surface area contributed by atoms with Crippen LogP contribution < -0.4 is 5.32 Å². The van der Waals surface area contributed by atoms with Gasteiger partial charge in [0.2, 0.25) is 0 Å². The minimum atomic E-state index is -0.114. The lowest BCUT2D eigenvalue weighted by molar-refractivity contribution is -0.137. The number of carbonyl (C=O) groups is 1. The summed E-state index contributed by atoms with van der Waals surface area (Å²) in [5, 5.41) is 3.39. The fraction of sp³-hybridized carbons (Fsp3) is 0.900. The third-order valence-electron chi connectivity index (χ3n) is 2.52. The Labute approximate surface area is 90.0 Å². The van der Waals surface area contributed by atoms with E-state index in [1.165, 1.54) is 32.9 Å². The Bertz CT molecular complexity index is 170. The molecule has 0 aromatic rings. The Balaban J connectivity index is 1.94. The van der Waals surface area contributed by atoms with Gasteiger partial charge < -0.3 is 10.1 Å². The van der Waals surface area contributed by atoms with Gasteiger partial charge in [0.05, 0.1) is 12.9 Å². The van der Waals surface area contributed by atoms with Crippen molar-refractivity contribution in [2.24, 2.45) is 5.92 Å². The molecule has 1 heterocycles. The van der Waals surface area contributed by atoms with Crippen LogP contribution in [0.4, 0.5) is 0 Å². The monoisotopic (exact) mass is 217 g/mol. The molecule has 1 fully saturated rings. The first-order valence-corrected chi connectivity index (χ1v) is 6.33. The van der Waals surface area contributed by atoms with E-state index in [2.05, 4.69) is 10.1 Å². The topological polar surface area (TPSA) is 38.3 Å². The van der Waals surface area contributed by atoms with Gasteiger partial charge in [0.1, 0.15) is 0 Å². The standard InChI is InChI=1S/C10H19NO2S/c1-13-10(12)8-14-6-4-9-3-2-5-11-7-9/h9,11H,2-8H2,1H3. The van der Waals surface area contributed by atoms with Crippen molar-refractivity contribution in [1.82, 2.24) is 5.32 Å². The molecular formula is C10H19NO2S. The van der Waals surface area contributed by atoms with Crippen molar-refractivity contribution in [2.45, 2.75) is 19.3 Å². The van der Waals surface area contributed by atoms with E-state index in [9.17, 15) is 4.79 Å². The minimum absolute atomic E-state index is 0.114. The second-order valence-electron chi connectivity index (χ2n) is 3.63. The van der Waals surface area contributed by atoms with E-state index in [1.807, 2.05) is 0 Å². The summed E-state index contributed by atoms with van der Waals surface area (Å²) in [7, 11) is 1.44. The number of methoxy groups -OCH3 is 1. The summed E-state index contributed by atoms with van der Waals surface area (Å²) in [4.78, 5) is 10.8. The van der Waals surface area contributed by atoms with Crippen molar-refractivity contribution >= 4 is 17.7 Å². The van der Waals surface area contributed by atoms with Gasteiger partial charge in [0, 0.05) is 0 Å². The van der Waals surface area contributed by atoms with Crippen molar-refractivity contribution in [1.29, 1.82) is 0 Å². The molecule has 1 rings (SSSR count). The van der Waals surface area contributed by atoms with Crippen LogP contribution in [0.1, 0.15) is 19.3 Å². The number of hydrogen-bond acceptors (Lipinski definition) is 4. The van der Waals surface area contributed by atoms with Crippen LogP contribution in [0.3, 0.4) is 0 Å². The first-order chi connectivity index (χ1) is 6.83. The van der Waals surface area contributed by atoms with Crippen molar-refractivity contribution in [3.8, 4) is 0 Å². The second-order valence-corrected chi connectivity index (χ2v) is 4.73. The maximum Gasteiger partial charge on any atom is 0.315 e. The second kappa shape index (κ2) is 7.12. The highest BCUT2D eigenvalue weighted by Gasteiger charge is 2.12. The third kappa shape index (κ3) is 4.86. The summed E-state index contributed by atoms with van der Waals surface area (Å²) in [5.41, 5.74) is 0. The molecule has 0 radical (unpaired) electrons. The molecule has 0 amide bonds. The third-order valence-corrected chi connectivity index (χ3v) is 3.48. The molecule has 82 valence electrons. The van der Waals surface area contributed by atoms with E-state index in [0.29, 0.717) is 5.75 Å². The molecule has 0 aliphatic carbocycles. The molecule has 14 heavy (non-hydrogen) atoms. The molecule has 0 spiro atoms. The Hall–Kier alpha value is -0.220. The average Bonchev–Trinajstić information content (AvgIpc) is 2.25. The summed E-state index contributed by atoms with van der Waals surface area (Å²) in [6.45, 7) is 2.32. The molecule has 1 unspecified atom stereocenters. The molecule has 0 bridgehead atoms. The van der Waals surface area contributed by atoms with Crippen molar-refractivity contribution in [3.05, 3.63) is 0 Å². The zero-order valence-corrected chi connectivity index (χ0v) is 9.57. The molecule has 3 nitrogen and oxygen atoms in total. The van der Waals surface area contributed by atoms with Crippen LogP contribution in [0.5, 0.6) is 0 Å². The number of hydrogen-bond donors (Lipinski definition) is 1. The molecule has 0 aromatic heterocycles. The molecule has 1 saturated heterocycles. The molecular weight excluding hydrogens is 198 g/mol. The summed E-state index contributed by atoms with van der Waals surface area (Å²) < 4.78 is 4.57. The SMILES string of the molecule is COC(=O)CSCCC1CCCNC1. The van der Waals surface area contributed by atoms with E-state index in [1.54, 1.807) is 11.8 Å². The van der Waals surface area contributed by atoms with Crippen LogP contribution in [0, 0.1) is 5.92 Å². The van der Waals surface area contributed by atoms with Crippen molar-refractivity contribution in [2.75, 3.05) is 31.7 Å². The number of rotatable bonds is 5. The van der Waals surface area contributed by atoms with Crippen LogP contribution in [-0.2, 0) is 9.53 Å². The summed E-state index contributed by atoms with van der Waals surface area (Å²) in [6, 6.07) is 0. The highest BCUT2D eigenvalue weighted by Crippen LogP contribution is 2.16. The van der Waals surface area contributed by atoms with Gasteiger partial charge in [-0.1, -0.05) is 0 Å². The first-order valence-electron chi connectivity index (χ1n) is 5.18. The summed E-state index contributed by atoms with van der Waals surface area (Å²) in [6.07, 6.45) is 3.85. The highest BCUT2D eigenvalue weighted by atomic mass is 32.2. The molecule has 1 atom stereocenters. The predicted octanol–water partition coefficient (Wildman–Crippen LogP) is 1.28. The fourth-order valence-corrected chi connectivity index (χ4v) is 2.56. The van der Waals surface area contributed by atoms with Gasteiger partial charge in [-0.25, -0.2) is 0 Å². The van der Waals surface area contributed by atoms with E-state index in [0.717, 1.165) is 18.2 Å². The fourth-order valence-electron chi connectivity index (χ4n) is 1.63. The maximum atomic E-state index is 10.8. The first kappa shape index (κ1) is 11.9. The molecule has 1 aliphatic heterocycles. The Kier molecular flexibility index (Phi) is 6.03. The summed E-state index contributed by atoms with van der Waals surface area (Å²) >= 11 is 1.68. The molecule has 1 N–H and O–H groups in total. The van der Waals surface area contributed by atoms with Gasteiger partial charge in [-0.15, -0.1) is 0 Å². The minimum Gasteiger partial charge on any atom is -0.468 e. The molecule has 0 aromatic carbocycles. The Morgan fingerprint density at radius 1 is 1.64 bits per heavy atom. The highest BCUT2D eigenvalue weighted by molar-refractivity contribution is 7.99. The quantitative estimate of drug-likeness (QED) is 0.556. The lowest BCUT2D eigenvalue weighted by Gasteiger charge is -2.22. The van der Waals surface area contributed by atoms with E-state index >= 15 is 0 Å². The largest absolute Gasteiger partial charge is 0.468 e. The Morgan fingerprint density at radius 2 is 2.50 bits per heavy atom. The zero-order valence-electron chi connectivity index (χ0n) is 8.75. The van der Waals surface area contributed by atoms with Gasteiger partial charge in [0.25, 0.3) is 0 Å². The number of ether oxygens (including phenoxy) is 1. The van der Waals surface area contributed by atoms with E-state index in [4.69, 9.17) is 0 Å². The van der Waals surface area contributed by atoms with Crippen molar-refractivity contribution in [3.63, 3.8) is 0 Å². The molecule has 0 saturated carbocycles. The van der Waals surface area contributed by atoms with Gasteiger partial charge in [0.15, 0.2) is 0 Å². The number of esters is 1. The average molecular weight is 217 g/mol. The van der Waals surface area contributed by atoms with Crippen LogP contribution in [0.2, 0.25) is 0 Å². The molecule has 1 aliphatic rings. The lowest BCUT2D eigenvalue weighted by Crippen LogP contribution is -2.30. The van der Waals surface area contributed by atoms with Gasteiger partial charge in [-0.3, -0.25) is 4.79 Å². The van der Waals surface area contributed by atoms with Crippen LogP contribution in [0.15, 0.2) is 0 Å². The van der Waals surface area contributed by atoms with Crippen LogP contribution in [-0.4, -0.2) is 37.7 Å². The zero-order chi connectivity index (χ0) is 10.2.